The summed E-state index contributed by atoms with van der Waals surface area (Å²) in [5.74, 6) is 0.189. The van der Waals surface area contributed by atoms with E-state index in [1.807, 2.05) is 24.3 Å². The third-order valence-electron chi connectivity index (χ3n) is 3.74. The van der Waals surface area contributed by atoms with Gasteiger partial charge < -0.3 is 15.4 Å². The van der Waals surface area contributed by atoms with Crippen LogP contribution in [0.2, 0.25) is 0 Å². The fourth-order valence-corrected chi connectivity index (χ4v) is 2.35. The molecule has 0 saturated heterocycles. The highest BCUT2D eigenvalue weighted by molar-refractivity contribution is 5.93. The van der Waals surface area contributed by atoms with Crippen molar-refractivity contribution in [3.8, 4) is 5.75 Å². The number of ether oxygens (including phenoxy) is 1. The third kappa shape index (κ3) is 4.57. The number of halogens is 1. The number of benzene rings is 2. The molecule has 0 aliphatic rings. The number of rotatable bonds is 6. The molecule has 1 heterocycles. The summed E-state index contributed by atoms with van der Waals surface area (Å²) in [6.07, 6.45) is 1.55. The number of nitrogens with one attached hydrogen (secondary N) is 2. The van der Waals surface area contributed by atoms with Crippen LogP contribution in [0.1, 0.15) is 16.1 Å². The first-order valence-electron chi connectivity index (χ1n) is 8.04. The van der Waals surface area contributed by atoms with Crippen molar-refractivity contribution >= 4 is 17.3 Å². The number of nitrogens with zero attached hydrogens (tertiary/aromatic N) is 1. The maximum atomic E-state index is 13.0. The highest BCUT2D eigenvalue weighted by atomic mass is 19.1. The predicted molar refractivity (Wildman–Crippen MR) is 98.1 cm³/mol. The summed E-state index contributed by atoms with van der Waals surface area (Å²) in [6, 6.07) is 16.8. The van der Waals surface area contributed by atoms with E-state index < -0.39 is 0 Å². The Labute approximate surface area is 150 Å². The number of hydrogen-bond acceptors (Lipinski definition) is 4. The molecule has 2 aromatic carbocycles. The van der Waals surface area contributed by atoms with Gasteiger partial charge in [-0.05, 0) is 54.1 Å². The van der Waals surface area contributed by atoms with Gasteiger partial charge in [0.05, 0.1) is 7.11 Å². The summed E-state index contributed by atoms with van der Waals surface area (Å²) >= 11 is 0. The minimum atomic E-state index is -0.302. The second-order valence-electron chi connectivity index (χ2n) is 5.59. The molecule has 0 unspecified atom stereocenters. The van der Waals surface area contributed by atoms with E-state index in [1.165, 1.54) is 12.1 Å². The van der Waals surface area contributed by atoms with E-state index >= 15 is 0 Å². The van der Waals surface area contributed by atoms with Crippen LogP contribution in [-0.4, -0.2) is 18.0 Å². The van der Waals surface area contributed by atoms with Crippen LogP contribution in [0.4, 0.5) is 15.8 Å². The number of anilines is 2. The van der Waals surface area contributed by atoms with Crippen LogP contribution in [0.3, 0.4) is 0 Å². The quantitative estimate of drug-likeness (QED) is 0.707. The Morgan fingerprint density at radius 3 is 2.46 bits per heavy atom. The van der Waals surface area contributed by atoms with Gasteiger partial charge in [-0.1, -0.05) is 12.1 Å². The summed E-state index contributed by atoms with van der Waals surface area (Å²) in [5.41, 5.74) is 2.67. The Balaban J connectivity index is 1.62. The molecule has 1 aromatic heterocycles. The van der Waals surface area contributed by atoms with Crippen LogP contribution >= 0.6 is 0 Å². The highest BCUT2D eigenvalue weighted by Gasteiger charge is 2.08. The number of aromatic nitrogens is 1. The van der Waals surface area contributed by atoms with Crippen molar-refractivity contribution in [3.63, 3.8) is 0 Å². The number of hydrogen-bond donors (Lipinski definition) is 2. The van der Waals surface area contributed by atoms with E-state index in [2.05, 4.69) is 15.6 Å². The smallest absolute Gasteiger partial charge is 0.270 e. The molecule has 0 bridgehead atoms. The van der Waals surface area contributed by atoms with Crippen LogP contribution in [0, 0.1) is 5.82 Å². The first kappa shape index (κ1) is 17.4. The summed E-state index contributed by atoms with van der Waals surface area (Å²) in [6.45, 7) is 0.389. The molecule has 26 heavy (non-hydrogen) atoms. The van der Waals surface area contributed by atoms with Crippen molar-refractivity contribution in [2.75, 3.05) is 12.4 Å². The molecule has 2 N–H and O–H groups in total. The second-order valence-corrected chi connectivity index (χ2v) is 5.59. The van der Waals surface area contributed by atoms with Crippen molar-refractivity contribution in [1.82, 2.24) is 10.3 Å². The number of methoxy groups -OCH3 is 1. The topological polar surface area (TPSA) is 63.2 Å². The van der Waals surface area contributed by atoms with Gasteiger partial charge in [-0.15, -0.1) is 0 Å². The largest absolute Gasteiger partial charge is 0.497 e. The van der Waals surface area contributed by atoms with E-state index in [4.69, 9.17) is 4.74 Å². The van der Waals surface area contributed by atoms with Gasteiger partial charge in [0.1, 0.15) is 17.3 Å². The van der Waals surface area contributed by atoms with E-state index in [-0.39, 0.29) is 11.7 Å². The lowest BCUT2D eigenvalue weighted by Gasteiger charge is -2.09. The van der Waals surface area contributed by atoms with Gasteiger partial charge in [0.15, 0.2) is 0 Å². The lowest BCUT2D eigenvalue weighted by Crippen LogP contribution is -2.23. The molecule has 0 atom stereocenters. The van der Waals surface area contributed by atoms with Gasteiger partial charge in [-0.3, -0.25) is 9.78 Å². The van der Waals surface area contributed by atoms with E-state index in [9.17, 15) is 9.18 Å². The van der Waals surface area contributed by atoms with Gasteiger partial charge in [-0.25, -0.2) is 4.39 Å². The number of pyridine rings is 1. The highest BCUT2D eigenvalue weighted by Crippen LogP contribution is 2.17. The summed E-state index contributed by atoms with van der Waals surface area (Å²) in [7, 11) is 1.61. The van der Waals surface area contributed by atoms with Crippen molar-refractivity contribution in [1.29, 1.82) is 0 Å². The second kappa shape index (κ2) is 8.11. The molecule has 132 valence electrons. The summed E-state index contributed by atoms with van der Waals surface area (Å²) in [4.78, 5) is 16.4. The van der Waals surface area contributed by atoms with Crippen molar-refractivity contribution in [2.24, 2.45) is 0 Å². The minimum Gasteiger partial charge on any atom is -0.497 e. The van der Waals surface area contributed by atoms with Crippen molar-refractivity contribution < 1.29 is 13.9 Å². The van der Waals surface area contributed by atoms with Crippen LogP contribution in [0.25, 0.3) is 0 Å². The monoisotopic (exact) mass is 351 g/mol. The standard InChI is InChI=1S/C20H18FN3O2/c1-26-18-8-2-14(3-9-18)13-23-20(25)19-12-17(10-11-22-19)24-16-6-4-15(21)5-7-16/h2-12H,13H2,1H3,(H,22,24)(H,23,25). The Morgan fingerprint density at radius 2 is 1.77 bits per heavy atom. The van der Waals surface area contributed by atoms with E-state index in [0.717, 1.165) is 17.0 Å². The molecule has 0 aliphatic heterocycles. The fourth-order valence-electron chi connectivity index (χ4n) is 2.35. The van der Waals surface area contributed by atoms with Crippen LogP contribution in [0.15, 0.2) is 66.9 Å². The molecule has 5 nitrogen and oxygen atoms in total. The molecule has 0 radical (unpaired) electrons. The van der Waals surface area contributed by atoms with Crippen LogP contribution in [-0.2, 0) is 6.54 Å². The zero-order chi connectivity index (χ0) is 18.4. The van der Waals surface area contributed by atoms with Crippen molar-refractivity contribution in [3.05, 3.63) is 83.9 Å². The molecule has 0 saturated carbocycles. The lowest BCUT2D eigenvalue weighted by molar-refractivity contribution is 0.0946. The number of carbonyl (C=O) groups is 1. The minimum absolute atomic E-state index is 0.274. The number of amides is 1. The lowest BCUT2D eigenvalue weighted by atomic mass is 10.2. The molecule has 1 amide bonds. The van der Waals surface area contributed by atoms with Gasteiger partial charge in [0.25, 0.3) is 5.91 Å². The Kier molecular flexibility index (Phi) is 5.43. The Morgan fingerprint density at radius 1 is 1.04 bits per heavy atom. The normalized spacial score (nSPS) is 10.2. The Hall–Kier alpha value is -3.41. The molecule has 0 spiro atoms. The molecule has 0 aliphatic carbocycles. The van der Waals surface area contributed by atoms with E-state index in [1.54, 1.807) is 37.6 Å². The predicted octanol–water partition coefficient (Wildman–Crippen LogP) is 3.90. The van der Waals surface area contributed by atoms with Crippen LogP contribution < -0.4 is 15.4 Å². The zero-order valence-electron chi connectivity index (χ0n) is 14.2. The van der Waals surface area contributed by atoms with Crippen LogP contribution in [0.5, 0.6) is 5.75 Å². The third-order valence-corrected chi connectivity index (χ3v) is 3.74. The summed E-state index contributed by atoms with van der Waals surface area (Å²) < 4.78 is 18.1. The molecule has 6 heteroatoms. The molecule has 3 rings (SSSR count). The average Bonchev–Trinajstić information content (AvgIpc) is 2.68. The van der Waals surface area contributed by atoms with Gasteiger partial charge in [0.2, 0.25) is 0 Å². The fraction of sp³-hybridized carbons (Fsp3) is 0.100. The first-order valence-corrected chi connectivity index (χ1v) is 8.04. The molecular formula is C20H18FN3O2. The maximum Gasteiger partial charge on any atom is 0.270 e. The van der Waals surface area contributed by atoms with Crippen molar-refractivity contribution in [2.45, 2.75) is 6.54 Å². The summed E-state index contributed by atoms with van der Waals surface area (Å²) in [5, 5.41) is 5.94. The number of carbonyl (C=O) groups excluding carboxylic acids is 1. The first-order chi connectivity index (χ1) is 12.6. The molecular weight excluding hydrogens is 333 g/mol. The van der Waals surface area contributed by atoms with Gasteiger partial charge in [-0.2, -0.15) is 0 Å². The molecule has 3 aromatic rings. The SMILES string of the molecule is COc1ccc(CNC(=O)c2cc(Nc3ccc(F)cc3)ccn2)cc1. The van der Waals surface area contributed by atoms with Gasteiger partial charge in [0, 0.05) is 24.1 Å². The van der Waals surface area contributed by atoms with Gasteiger partial charge >= 0.3 is 0 Å². The zero-order valence-corrected chi connectivity index (χ0v) is 14.2. The Bertz CT molecular complexity index is 880. The molecule has 0 fully saturated rings. The van der Waals surface area contributed by atoms with E-state index in [0.29, 0.717) is 17.9 Å². The average molecular weight is 351 g/mol. The maximum absolute atomic E-state index is 13.0.